The molecule has 1 aliphatic rings. The molecule has 1 fully saturated rings. The Bertz CT molecular complexity index is 835. The van der Waals surface area contributed by atoms with Gasteiger partial charge in [-0.2, -0.15) is 0 Å². The van der Waals surface area contributed by atoms with Gasteiger partial charge in [0.05, 0.1) is 12.6 Å². The molecule has 6 nitrogen and oxygen atoms in total. The van der Waals surface area contributed by atoms with E-state index in [2.05, 4.69) is 0 Å². The zero-order chi connectivity index (χ0) is 24.3. The molecule has 1 aromatic carbocycles. The molecule has 2 atom stereocenters. The molecule has 32 heavy (non-hydrogen) atoms. The largest absolute Gasteiger partial charge is 0.444 e. The number of alkyl halides is 1. The fourth-order valence-electron chi connectivity index (χ4n) is 4.18. The lowest BCUT2D eigenvalue weighted by Gasteiger charge is -2.44. The highest BCUT2D eigenvalue weighted by atomic mass is 35.5. The standard InChI is InChI=1S/C24H34Cl2N2O4/c1-16(2)13-20(29)24(11-12-27(15-24)22(31)32-23(4,5)6)28(21(30)14-25)17(3)18-7-9-19(26)10-8-18/h7-10,16-17H,11-15H2,1-6H3/t17-,24?/m0/s1. The van der Waals surface area contributed by atoms with Crippen LogP contribution in [0.4, 0.5) is 4.79 Å². The maximum absolute atomic E-state index is 13.6. The Morgan fingerprint density at radius 3 is 2.25 bits per heavy atom. The number of hydrogen-bond donors (Lipinski definition) is 0. The van der Waals surface area contributed by atoms with Gasteiger partial charge in [0, 0.05) is 18.0 Å². The fraction of sp³-hybridized carbons (Fsp3) is 0.625. The van der Waals surface area contributed by atoms with Crippen LogP contribution in [0.25, 0.3) is 0 Å². The van der Waals surface area contributed by atoms with Crippen LogP contribution in [-0.2, 0) is 14.3 Å². The summed E-state index contributed by atoms with van der Waals surface area (Å²) in [5.41, 5.74) is -1.00. The molecule has 0 bridgehead atoms. The molecule has 0 aliphatic carbocycles. The molecule has 178 valence electrons. The molecular formula is C24H34Cl2N2O4. The lowest BCUT2D eigenvalue weighted by atomic mass is 9.84. The number of benzene rings is 1. The van der Waals surface area contributed by atoms with Crippen molar-refractivity contribution in [3.8, 4) is 0 Å². The molecule has 1 unspecified atom stereocenters. The number of Topliss-reactive ketones (excluding diaryl/α,β-unsaturated/α-hetero) is 1. The molecular weight excluding hydrogens is 451 g/mol. The van der Waals surface area contributed by atoms with Crippen molar-refractivity contribution in [2.75, 3.05) is 19.0 Å². The Morgan fingerprint density at radius 2 is 1.75 bits per heavy atom. The number of nitrogens with zero attached hydrogens (tertiary/aromatic N) is 2. The molecule has 0 radical (unpaired) electrons. The van der Waals surface area contributed by atoms with Crippen molar-refractivity contribution in [1.82, 2.24) is 9.80 Å². The van der Waals surface area contributed by atoms with Gasteiger partial charge in [-0.15, -0.1) is 11.6 Å². The second-order valence-corrected chi connectivity index (χ2v) is 10.5. The average molecular weight is 485 g/mol. The molecule has 0 spiro atoms. The summed E-state index contributed by atoms with van der Waals surface area (Å²) < 4.78 is 5.53. The summed E-state index contributed by atoms with van der Waals surface area (Å²) in [4.78, 5) is 42.7. The van der Waals surface area contributed by atoms with Gasteiger partial charge in [0.2, 0.25) is 5.91 Å². The number of hydrogen-bond acceptors (Lipinski definition) is 4. The molecule has 0 aromatic heterocycles. The molecule has 1 saturated heterocycles. The number of halogens is 2. The third kappa shape index (κ3) is 6.16. The van der Waals surface area contributed by atoms with Gasteiger partial charge in [-0.25, -0.2) is 4.79 Å². The molecule has 1 aromatic rings. The molecule has 0 saturated carbocycles. The summed E-state index contributed by atoms with van der Waals surface area (Å²) >= 11 is 12.1. The first kappa shape index (κ1) is 26.5. The van der Waals surface area contributed by atoms with Crippen LogP contribution in [0.2, 0.25) is 5.02 Å². The SMILES string of the molecule is CC(C)CC(=O)C1(N(C(=O)CCl)[C@@H](C)c2ccc(Cl)cc2)CCN(C(=O)OC(C)(C)C)C1. The predicted octanol–water partition coefficient (Wildman–Crippen LogP) is 5.46. The van der Waals surface area contributed by atoms with Crippen LogP contribution in [0.1, 0.15) is 66.0 Å². The first-order chi connectivity index (χ1) is 14.8. The highest BCUT2D eigenvalue weighted by molar-refractivity contribution is 6.30. The van der Waals surface area contributed by atoms with E-state index < -0.39 is 23.3 Å². The lowest BCUT2D eigenvalue weighted by molar-refractivity contribution is -0.148. The van der Waals surface area contributed by atoms with E-state index in [4.69, 9.17) is 27.9 Å². The van der Waals surface area contributed by atoms with E-state index in [1.165, 1.54) is 4.90 Å². The first-order valence-corrected chi connectivity index (χ1v) is 11.9. The number of rotatable bonds is 7. The fourth-order valence-corrected chi connectivity index (χ4v) is 4.43. The first-order valence-electron chi connectivity index (χ1n) is 11.0. The third-order valence-corrected chi connectivity index (χ3v) is 6.08. The van der Waals surface area contributed by atoms with E-state index in [9.17, 15) is 14.4 Å². The van der Waals surface area contributed by atoms with Crippen LogP contribution in [0.15, 0.2) is 24.3 Å². The van der Waals surface area contributed by atoms with Crippen molar-refractivity contribution in [2.24, 2.45) is 5.92 Å². The minimum absolute atomic E-state index is 0.0714. The predicted molar refractivity (Wildman–Crippen MR) is 127 cm³/mol. The van der Waals surface area contributed by atoms with Crippen LogP contribution in [0, 0.1) is 5.92 Å². The van der Waals surface area contributed by atoms with Gasteiger partial charge in [-0.1, -0.05) is 37.6 Å². The Labute approximate surface area is 201 Å². The van der Waals surface area contributed by atoms with Crippen molar-refractivity contribution in [3.63, 3.8) is 0 Å². The van der Waals surface area contributed by atoms with E-state index in [0.717, 1.165) is 5.56 Å². The number of likely N-dealkylation sites (tertiary alicyclic amines) is 1. The Balaban J connectivity index is 2.50. The minimum Gasteiger partial charge on any atom is -0.444 e. The Morgan fingerprint density at radius 1 is 1.16 bits per heavy atom. The smallest absolute Gasteiger partial charge is 0.410 e. The van der Waals surface area contributed by atoms with Crippen LogP contribution >= 0.6 is 23.2 Å². The van der Waals surface area contributed by atoms with E-state index >= 15 is 0 Å². The lowest BCUT2D eigenvalue weighted by Crippen LogP contribution is -2.60. The zero-order valence-corrected chi connectivity index (χ0v) is 21.3. The summed E-state index contributed by atoms with van der Waals surface area (Å²) in [6.45, 7) is 11.6. The van der Waals surface area contributed by atoms with E-state index in [-0.39, 0.29) is 30.0 Å². The van der Waals surface area contributed by atoms with Gasteiger partial charge in [-0.05, 0) is 57.7 Å². The second-order valence-electron chi connectivity index (χ2n) is 9.83. The molecule has 1 heterocycles. The highest BCUT2D eigenvalue weighted by Crippen LogP contribution is 2.38. The van der Waals surface area contributed by atoms with Gasteiger partial charge in [0.15, 0.2) is 5.78 Å². The normalized spacial score (nSPS) is 19.7. The molecule has 2 rings (SSSR count). The van der Waals surface area contributed by atoms with Crippen LogP contribution < -0.4 is 0 Å². The Hall–Kier alpha value is -1.79. The van der Waals surface area contributed by atoms with Crippen LogP contribution in [-0.4, -0.2) is 57.7 Å². The Kier molecular flexibility index (Phi) is 8.62. The van der Waals surface area contributed by atoms with Gasteiger partial charge < -0.3 is 14.5 Å². The summed E-state index contributed by atoms with van der Waals surface area (Å²) in [5.74, 6) is -0.579. The zero-order valence-electron chi connectivity index (χ0n) is 19.8. The number of carbonyl (C=O) groups is 3. The van der Waals surface area contributed by atoms with Gasteiger partial charge >= 0.3 is 6.09 Å². The summed E-state index contributed by atoms with van der Waals surface area (Å²) in [6.07, 6.45) is 0.133. The van der Waals surface area contributed by atoms with E-state index in [1.54, 1.807) is 37.8 Å². The summed E-state index contributed by atoms with van der Waals surface area (Å²) in [5, 5.41) is 0.582. The topological polar surface area (TPSA) is 66.9 Å². The average Bonchev–Trinajstić information content (AvgIpc) is 3.13. The third-order valence-electron chi connectivity index (χ3n) is 5.60. The number of ether oxygens (including phenoxy) is 1. The van der Waals surface area contributed by atoms with Crippen molar-refractivity contribution >= 4 is 41.0 Å². The molecule has 8 heteroatoms. The molecule has 1 aliphatic heterocycles. The van der Waals surface area contributed by atoms with Gasteiger partial charge in [0.1, 0.15) is 17.0 Å². The molecule has 0 N–H and O–H groups in total. The van der Waals surface area contributed by atoms with E-state index in [0.29, 0.717) is 24.4 Å². The summed E-state index contributed by atoms with van der Waals surface area (Å²) in [7, 11) is 0. The van der Waals surface area contributed by atoms with Crippen LogP contribution in [0.3, 0.4) is 0 Å². The quantitative estimate of drug-likeness (QED) is 0.481. The molecule has 2 amide bonds. The number of ketones is 1. The van der Waals surface area contributed by atoms with Gasteiger partial charge in [0.25, 0.3) is 0 Å². The van der Waals surface area contributed by atoms with Crippen molar-refractivity contribution in [3.05, 3.63) is 34.9 Å². The summed E-state index contributed by atoms with van der Waals surface area (Å²) in [6, 6.07) is 6.74. The van der Waals surface area contributed by atoms with Gasteiger partial charge in [-0.3, -0.25) is 9.59 Å². The monoisotopic (exact) mass is 484 g/mol. The van der Waals surface area contributed by atoms with Crippen LogP contribution in [0.5, 0.6) is 0 Å². The highest BCUT2D eigenvalue weighted by Gasteiger charge is 2.53. The maximum atomic E-state index is 13.6. The van der Waals surface area contributed by atoms with Crippen molar-refractivity contribution < 1.29 is 19.1 Å². The number of carbonyl (C=O) groups excluding carboxylic acids is 3. The maximum Gasteiger partial charge on any atom is 0.410 e. The minimum atomic E-state index is -1.17. The van der Waals surface area contributed by atoms with Crippen molar-refractivity contribution in [1.29, 1.82) is 0 Å². The van der Waals surface area contributed by atoms with Crippen molar-refractivity contribution in [2.45, 2.75) is 71.6 Å². The second kappa shape index (κ2) is 10.4. The number of amides is 2. The van der Waals surface area contributed by atoms with E-state index in [1.807, 2.05) is 32.9 Å².